The Morgan fingerprint density at radius 1 is 1.15 bits per heavy atom. The number of rotatable bonds is 3. The second-order valence-electron chi connectivity index (χ2n) is 9.94. The van der Waals surface area contributed by atoms with Crippen molar-refractivity contribution in [3.8, 4) is 0 Å². The first-order chi connectivity index (χ1) is 15.9. The molecule has 178 valence electrons. The van der Waals surface area contributed by atoms with Crippen molar-refractivity contribution < 1.29 is 9.90 Å². The van der Waals surface area contributed by atoms with Gasteiger partial charge in [0.05, 0.1) is 23.6 Å². The number of nitrogens with one attached hydrogen (secondary N) is 1. The predicted molar refractivity (Wildman–Crippen MR) is 130 cm³/mol. The molecular formula is C25H34ClN5O2. The number of piperidine rings is 1. The number of halogens is 1. The van der Waals surface area contributed by atoms with Crippen LogP contribution in [0.5, 0.6) is 0 Å². The van der Waals surface area contributed by atoms with Gasteiger partial charge in [0.25, 0.3) is 0 Å². The number of carbonyl (C=O) groups is 1. The van der Waals surface area contributed by atoms with E-state index in [0.29, 0.717) is 24.0 Å². The Morgan fingerprint density at radius 2 is 1.82 bits per heavy atom. The summed E-state index contributed by atoms with van der Waals surface area (Å²) >= 11 is 6.14. The molecule has 0 aromatic heterocycles. The lowest BCUT2D eigenvalue weighted by Gasteiger charge is -2.47. The zero-order valence-corrected chi connectivity index (χ0v) is 20.3. The summed E-state index contributed by atoms with van der Waals surface area (Å²) in [4.78, 5) is 25.1. The number of aliphatic hydroxyl groups is 1. The minimum atomic E-state index is -0.480. The fourth-order valence-electron chi connectivity index (χ4n) is 6.18. The van der Waals surface area contributed by atoms with Crippen LogP contribution in [-0.2, 0) is 10.2 Å². The minimum Gasteiger partial charge on any atom is -0.387 e. The monoisotopic (exact) mass is 471 g/mol. The van der Waals surface area contributed by atoms with Crippen LogP contribution < -0.4 is 5.32 Å². The molecule has 0 bridgehead atoms. The van der Waals surface area contributed by atoms with E-state index in [-0.39, 0.29) is 12.1 Å². The maximum atomic E-state index is 14.0. The SMILES string of the molecule is C[C@@H]1C[C@@H](O)C2=C1C(N1CCN(C(=O)C3(c4ccc(Cl)cc4)CCNCC3)CC1)N(C)C=N2. The Kier molecular flexibility index (Phi) is 6.25. The number of piperazine rings is 1. The molecule has 1 aromatic carbocycles. The van der Waals surface area contributed by atoms with Gasteiger partial charge in [-0.2, -0.15) is 0 Å². The number of benzene rings is 1. The van der Waals surface area contributed by atoms with Crippen molar-refractivity contribution >= 4 is 23.8 Å². The Morgan fingerprint density at radius 3 is 2.48 bits per heavy atom. The number of aliphatic imine (C=N–C) groups is 1. The van der Waals surface area contributed by atoms with Gasteiger partial charge in [0.15, 0.2) is 0 Å². The molecule has 8 heteroatoms. The first-order valence-electron chi connectivity index (χ1n) is 12.1. The first kappa shape index (κ1) is 22.8. The van der Waals surface area contributed by atoms with Crippen molar-refractivity contribution in [3.63, 3.8) is 0 Å². The summed E-state index contributed by atoms with van der Waals surface area (Å²) in [5, 5.41) is 14.5. The molecule has 33 heavy (non-hydrogen) atoms. The van der Waals surface area contributed by atoms with Gasteiger partial charge in [-0.05, 0) is 61.5 Å². The molecule has 1 aromatic rings. The van der Waals surface area contributed by atoms with E-state index in [9.17, 15) is 9.90 Å². The van der Waals surface area contributed by atoms with E-state index in [4.69, 9.17) is 11.6 Å². The largest absolute Gasteiger partial charge is 0.387 e. The zero-order chi connectivity index (χ0) is 23.2. The standard InChI is InChI=1S/C25H34ClN5O2/c1-17-15-20(32)22-21(17)23(29(2)16-28-22)30-11-13-31(14-12-30)24(33)25(7-9-27-10-8-25)18-3-5-19(26)6-4-18/h3-6,16-17,20,23,27,32H,7-15H2,1-2H3/t17-,20-,23?/m1/s1. The Balaban J connectivity index is 1.33. The Labute approximate surface area is 201 Å². The summed E-state index contributed by atoms with van der Waals surface area (Å²) in [7, 11) is 2.05. The van der Waals surface area contributed by atoms with Gasteiger partial charge in [-0.25, -0.2) is 4.99 Å². The summed E-state index contributed by atoms with van der Waals surface area (Å²) in [6.45, 7) is 6.91. The van der Waals surface area contributed by atoms with E-state index < -0.39 is 11.5 Å². The molecular weight excluding hydrogens is 438 g/mol. The molecule has 2 fully saturated rings. The van der Waals surface area contributed by atoms with Crippen LogP contribution in [0, 0.1) is 5.92 Å². The lowest BCUT2D eigenvalue weighted by atomic mass is 9.72. The van der Waals surface area contributed by atoms with Crippen LogP contribution in [-0.4, -0.2) is 90.6 Å². The van der Waals surface area contributed by atoms with E-state index in [0.717, 1.165) is 56.7 Å². The van der Waals surface area contributed by atoms with Crippen LogP contribution in [0.3, 0.4) is 0 Å². The number of likely N-dealkylation sites (N-methyl/N-ethyl adjacent to an activating group) is 1. The summed E-state index contributed by atoms with van der Waals surface area (Å²) in [5.41, 5.74) is 2.68. The van der Waals surface area contributed by atoms with Crippen LogP contribution in [0.2, 0.25) is 5.02 Å². The maximum absolute atomic E-state index is 14.0. The van der Waals surface area contributed by atoms with E-state index in [1.165, 1.54) is 5.57 Å². The van der Waals surface area contributed by atoms with E-state index in [1.54, 1.807) is 0 Å². The maximum Gasteiger partial charge on any atom is 0.233 e. The molecule has 1 unspecified atom stereocenters. The van der Waals surface area contributed by atoms with Crippen molar-refractivity contribution in [1.82, 2.24) is 20.0 Å². The minimum absolute atomic E-state index is 0.103. The number of amides is 1. The van der Waals surface area contributed by atoms with Crippen molar-refractivity contribution in [2.45, 2.75) is 43.9 Å². The number of hydrogen-bond donors (Lipinski definition) is 2. The molecule has 0 saturated carbocycles. The third kappa shape index (κ3) is 3.99. The van der Waals surface area contributed by atoms with Gasteiger partial charge in [-0.3, -0.25) is 9.69 Å². The van der Waals surface area contributed by atoms with Gasteiger partial charge in [-0.1, -0.05) is 30.7 Å². The van der Waals surface area contributed by atoms with Gasteiger partial charge in [0.1, 0.15) is 6.17 Å². The molecule has 4 aliphatic rings. The topological polar surface area (TPSA) is 71.4 Å². The van der Waals surface area contributed by atoms with Crippen LogP contribution in [0.1, 0.15) is 31.7 Å². The quantitative estimate of drug-likeness (QED) is 0.706. The third-order valence-electron chi connectivity index (χ3n) is 7.97. The molecule has 2 saturated heterocycles. The molecule has 1 amide bonds. The predicted octanol–water partition coefficient (Wildman–Crippen LogP) is 2.06. The molecule has 0 spiro atoms. The molecule has 3 aliphatic heterocycles. The summed E-state index contributed by atoms with van der Waals surface area (Å²) in [6, 6.07) is 7.85. The molecule has 1 aliphatic carbocycles. The number of aliphatic hydroxyl groups excluding tert-OH is 1. The smallest absolute Gasteiger partial charge is 0.233 e. The normalized spacial score (nSPS) is 30.0. The Hall–Kier alpha value is -1.93. The molecule has 2 N–H and O–H groups in total. The van der Waals surface area contributed by atoms with Gasteiger partial charge >= 0.3 is 0 Å². The lowest BCUT2D eigenvalue weighted by molar-refractivity contribution is -0.141. The fraction of sp³-hybridized carbons (Fsp3) is 0.600. The molecule has 3 atom stereocenters. The Bertz CT molecular complexity index is 948. The van der Waals surface area contributed by atoms with E-state index in [2.05, 4.69) is 39.0 Å². The van der Waals surface area contributed by atoms with Crippen LogP contribution in [0.25, 0.3) is 0 Å². The summed E-state index contributed by atoms with van der Waals surface area (Å²) in [6.07, 6.45) is 3.83. The summed E-state index contributed by atoms with van der Waals surface area (Å²) in [5.74, 6) is 0.552. The third-order valence-corrected chi connectivity index (χ3v) is 8.22. The highest BCUT2D eigenvalue weighted by Crippen LogP contribution is 2.40. The first-order valence-corrected chi connectivity index (χ1v) is 12.5. The number of nitrogens with zero attached hydrogens (tertiary/aromatic N) is 4. The van der Waals surface area contributed by atoms with E-state index >= 15 is 0 Å². The second kappa shape index (κ2) is 9.02. The average Bonchev–Trinajstić information content (AvgIpc) is 3.12. The van der Waals surface area contributed by atoms with Crippen molar-refractivity contribution in [2.75, 3.05) is 46.3 Å². The van der Waals surface area contributed by atoms with Crippen molar-refractivity contribution in [2.24, 2.45) is 10.9 Å². The van der Waals surface area contributed by atoms with Crippen molar-refractivity contribution in [3.05, 3.63) is 46.1 Å². The fourth-order valence-corrected chi connectivity index (χ4v) is 6.30. The summed E-state index contributed by atoms with van der Waals surface area (Å²) < 4.78 is 0. The van der Waals surface area contributed by atoms with Gasteiger partial charge in [0, 0.05) is 38.2 Å². The average molecular weight is 472 g/mol. The second-order valence-corrected chi connectivity index (χ2v) is 10.4. The highest BCUT2D eigenvalue weighted by molar-refractivity contribution is 6.30. The van der Waals surface area contributed by atoms with Gasteiger partial charge in [0.2, 0.25) is 5.91 Å². The number of hydrogen-bond acceptors (Lipinski definition) is 6. The molecule has 7 nitrogen and oxygen atoms in total. The van der Waals surface area contributed by atoms with Crippen LogP contribution in [0.15, 0.2) is 40.5 Å². The molecule has 0 radical (unpaired) electrons. The molecule has 3 heterocycles. The van der Waals surface area contributed by atoms with Crippen molar-refractivity contribution in [1.29, 1.82) is 0 Å². The van der Waals surface area contributed by atoms with Gasteiger partial charge < -0.3 is 20.2 Å². The highest BCUT2D eigenvalue weighted by atomic mass is 35.5. The zero-order valence-electron chi connectivity index (χ0n) is 19.5. The highest BCUT2D eigenvalue weighted by Gasteiger charge is 2.46. The van der Waals surface area contributed by atoms with E-state index in [1.807, 2.05) is 30.6 Å². The number of carbonyl (C=O) groups excluding carboxylic acids is 1. The molecule has 5 rings (SSSR count). The van der Waals surface area contributed by atoms with Crippen LogP contribution >= 0.6 is 11.6 Å². The lowest BCUT2D eigenvalue weighted by Crippen LogP contribution is -2.60. The van der Waals surface area contributed by atoms with Crippen LogP contribution in [0.4, 0.5) is 0 Å². The van der Waals surface area contributed by atoms with Gasteiger partial charge in [-0.15, -0.1) is 0 Å².